The van der Waals surface area contributed by atoms with Crippen molar-refractivity contribution in [3.63, 3.8) is 0 Å². The summed E-state index contributed by atoms with van der Waals surface area (Å²) in [6.45, 7) is 1.54. The van der Waals surface area contributed by atoms with Gasteiger partial charge in [0, 0.05) is 30.8 Å². The van der Waals surface area contributed by atoms with Gasteiger partial charge >= 0.3 is 0 Å². The molecule has 0 saturated carbocycles. The van der Waals surface area contributed by atoms with Crippen LogP contribution in [0.5, 0.6) is 11.5 Å². The number of fused-ring (bicyclic) bond motifs is 1. The number of aromatic nitrogens is 2. The zero-order valence-electron chi connectivity index (χ0n) is 15.1. The van der Waals surface area contributed by atoms with E-state index < -0.39 is 0 Å². The molecule has 1 aliphatic heterocycles. The number of nitrogens with one attached hydrogen (secondary N) is 1. The van der Waals surface area contributed by atoms with E-state index in [1.54, 1.807) is 7.11 Å². The van der Waals surface area contributed by atoms with E-state index >= 15 is 0 Å². The molecule has 2 heterocycles. The van der Waals surface area contributed by atoms with E-state index in [4.69, 9.17) is 9.47 Å². The van der Waals surface area contributed by atoms with Crippen molar-refractivity contribution in [1.82, 2.24) is 14.9 Å². The molecule has 1 saturated heterocycles. The summed E-state index contributed by atoms with van der Waals surface area (Å²) in [4.78, 5) is 4.66. The Kier molecular flexibility index (Phi) is 5.04. The first kappa shape index (κ1) is 17.2. The van der Waals surface area contributed by atoms with E-state index in [2.05, 4.69) is 27.0 Å². The van der Waals surface area contributed by atoms with Crippen molar-refractivity contribution >= 4 is 22.8 Å². The fourth-order valence-electron chi connectivity index (χ4n) is 3.19. The molecule has 2 aromatic carbocycles. The number of imidazole rings is 1. The Bertz CT molecular complexity index is 886. The van der Waals surface area contributed by atoms with Crippen molar-refractivity contribution in [2.24, 2.45) is 7.05 Å². The molecule has 0 bridgehead atoms. The highest BCUT2D eigenvalue weighted by atomic mass is 32.2. The maximum absolute atomic E-state index is 5.95. The Labute approximate surface area is 157 Å². The predicted molar refractivity (Wildman–Crippen MR) is 106 cm³/mol. The highest BCUT2D eigenvalue weighted by Crippen LogP contribution is 2.23. The third-order valence-corrected chi connectivity index (χ3v) is 5.90. The summed E-state index contributed by atoms with van der Waals surface area (Å²) in [6, 6.07) is 14.3. The number of aryl methyl sites for hydroxylation is 1. The maximum atomic E-state index is 5.95. The fourth-order valence-corrected chi connectivity index (χ4v) is 4.21. The number of nitrogens with zero attached hydrogens (tertiary/aromatic N) is 2. The number of methoxy groups -OCH3 is 1. The van der Waals surface area contributed by atoms with Crippen LogP contribution in [-0.4, -0.2) is 34.3 Å². The van der Waals surface area contributed by atoms with Crippen molar-refractivity contribution in [1.29, 1.82) is 0 Å². The number of rotatable bonds is 6. The van der Waals surface area contributed by atoms with E-state index in [1.807, 2.05) is 49.1 Å². The third kappa shape index (κ3) is 3.66. The van der Waals surface area contributed by atoms with Crippen LogP contribution in [0.1, 0.15) is 11.4 Å². The van der Waals surface area contributed by atoms with Crippen molar-refractivity contribution in [2.45, 2.75) is 18.3 Å². The second kappa shape index (κ2) is 7.60. The molecule has 136 valence electrons. The zero-order chi connectivity index (χ0) is 17.9. The van der Waals surface area contributed by atoms with E-state index in [0.29, 0.717) is 11.9 Å². The first-order valence-corrected chi connectivity index (χ1v) is 9.81. The van der Waals surface area contributed by atoms with Gasteiger partial charge in [0.1, 0.15) is 23.9 Å². The molecule has 6 heteroatoms. The molecule has 1 fully saturated rings. The highest BCUT2D eigenvalue weighted by Gasteiger charge is 2.15. The van der Waals surface area contributed by atoms with Crippen LogP contribution in [0, 0.1) is 0 Å². The van der Waals surface area contributed by atoms with Gasteiger partial charge in [-0.3, -0.25) is 0 Å². The number of hydrogen-bond acceptors (Lipinski definition) is 5. The van der Waals surface area contributed by atoms with Gasteiger partial charge in [-0.15, -0.1) is 11.8 Å². The van der Waals surface area contributed by atoms with Crippen molar-refractivity contribution in [2.75, 3.05) is 19.5 Å². The molecule has 0 aliphatic carbocycles. The molecule has 26 heavy (non-hydrogen) atoms. The molecule has 0 radical (unpaired) electrons. The predicted octanol–water partition coefficient (Wildman–Crippen LogP) is 3.37. The Morgan fingerprint density at radius 3 is 2.73 bits per heavy atom. The molecule has 1 aliphatic rings. The lowest BCUT2D eigenvalue weighted by molar-refractivity contribution is 0.292. The average molecular weight is 369 g/mol. The Morgan fingerprint density at radius 2 is 2.00 bits per heavy atom. The quantitative estimate of drug-likeness (QED) is 0.722. The standard InChI is InChI=1S/C20H23N3O2S/c1-23-19-10-16(24-2)7-8-18(19)22-20(23)12-25-15-5-3-14(4-6-15)9-17-11-21-13-26-17/h3-8,10,17,21H,9,11-13H2,1-2H3. The molecule has 1 aromatic heterocycles. The Hall–Kier alpha value is -2.18. The minimum absolute atomic E-state index is 0.440. The van der Waals surface area contributed by atoms with E-state index in [-0.39, 0.29) is 0 Å². The average Bonchev–Trinajstić information content (AvgIpc) is 3.29. The summed E-state index contributed by atoms with van der Waals surface area (Å²) >= 11 is 1.99. The summed E-state index contributed by atoms with van der Waals surface area (Å²) in [6.07, 6.45) is 1.10. The molecule has 4 rings (SSSR count). The topological polar surface area (TPSA) is 48.3 Å². The lowest BCUT2D eigenvalue weighted by Gasteiger charge is -2.10. The van der Waals surface area contributed by atoms with Crippen LogP contribution in [-0.2, 0) is 20.1 Å². The van der Waals surface area contributed by atoms with Gasteiger partial charge in [0.2, 0.25) is 0 Å². The Morgan fingerprint density at radius 1 is 1.19 bits per heavy atom. The van der Waals surface area contributed by atoms with Gasteiger partial charge < -0.3 is 19.4 Å². The molecule has 1 N–H and O–H groups in total. The second-order valence-corrected chi connectivity index (χ2v) is 7.75. The molecular weight excluding hydrogens is 346 g/mol. The van der Waals surface area contributed by atoms with Gasteiger partial charge in [-0.05, 0) is 36.2 Å². The molecular formula is C20H23N3O2S. The van der Waals surface area contributed by atoms with Crippen LogP contribution in [0.3, 0.4) is 0 Å². The van der Waals surface area contributed by atoms with Gasteiger partial charge in [0.05, 0.1) is 18.1 Å². The van der Waals surface area contributed by atoms with Crippen LogP contribution in [0.15, 0.2) is 42.5 Å². The fraction of sp³-hybridized carbons (Fsp3) is 0.350. The van der Waals surface area contributed by atoms with Gasteiger partial charge in [-0.25, -0.2) is 4.98 Å². The minimum atomic E-state index is 0.440. The monoisotopic (exact) mass is 369 g/mol. The number of ether oxygens (including phenoxy) is 2. The van der Waals surface area contributed by atoms with Crippen molar-refractivity contribution in [3.8, 4) is 11.5 Å². The summed E-state index contributed by atoms with van der Waals surface area (Å²) in [5.74, 6) is 3.66. The molecule has 5 nitrogen and oxygen atoms in total. The van der Waals surface area contributed by atoms with Crippen LogP contribution in [0.25, 0.3) is 11.0 Å². The summed E-state index contributed by atoms with van der Waals surface area (Å²) in [5, 5.41) is 4.07. The normalized spacial score (nSPS) is 16.9. The number of hydrogen-bond donors (Lipinski definition) is 1. The smallest absolute Gasteiger partial charge is 0.147 e. The minimum Gasteiger partial charge on any atom is -0.497 e. The van der Waals surface area contributed by atoms with E-state index in [0.717, 1.165) is 47.2 Å². The van der Waals surface area contributed by atoms with Crippen LogP contribution in [0.2, 0.25) is 0 Å². The lowest BCUT2D eigenvalue weighted by atomic mass is 10.1. The van der Waals surface area contributed by atoms with Crippen LogP contribution in [0.4, 0.5) is 0 Å². The molecule has 1 unspecified atom stereocenters. The van der Waals surface area contributed by atoms with Crippen molar-refractivity contribution in [3.05, 3.63) is 53.9 Å². The van der Waals surface area contributed by atoms with Crippen LogP contribution < -0.4 is 14.8 Å². The summed E-state index contributed by atoms with van der Waals surface area (Å²) in [5.41, 5.74) is 3.35. The number of benzene rings is 2. The summed E-state index contributed by atoms with van der Waals surface area (Å²) < 4.78 is 13.3. The first-order valence-electron chi connectivity index (χ1n) is 8.76. The highest BCUT2D eigenvalue weighted by molar-refractivity contribution is 8.00. The van der Waals surface area contributed by atoms with Gasteiger partial charge in [-0.1, -0.05) is 12.1 Å². The van der Waals surface area contributed by atoms with E-state index in [1.165, 1.54) is 5.56 Å². The lowest BCUT2D eigenvalue weighted by Crippen LogP contribution is -2.14. The molecule has 0 amide bonds. The van der Waals surface area contributed by atoms with E-state index in [9.17, 15) is 0 Å². The SMILES string of the molecule is COc1ccc2nc(COc3ccc(CC4CNCS4)cc3)n(C)c2c1. The van der Waals surface area contributed by atoms with Crippen LogP contribution >= 0.6 is 11.8 Å². The third-order valence-electron chi connectivity index (χ3n) is 4.73. The summed E-state index contributed by atoms with van der Waals surface area (Å²) in [7, 11) is 3.68. The number of thioether (sulfide) groups is 1. The van der Waals surface area contributed by atoms with Gasteiger partial charge in [-0.2, -0.15) is 0 Å². The Balaban J connectivity index is 1.42. The maximum Gasteiger partial charge on any atom is 0.147 e. The molecule has 0 spiro atoms. The van der Waals surface area contributed by atoms with Gasteiger partial charge in [0.25, 0.3) is 0 Å². The van der Waals surface area contributed by atoms with Crippen molar-refractivity contribution < 1.29 is 9.47 Å². The van der Waals surface area contributed by atoms with Gasteiger partial charge in [0.15, 0.2) is 0 Å². The molecule has 3 aromatic rings. The first-order chi connectivity index (χ1) is 12.7. The molecule has 1 atom stereocenters. The zero-order valence-corrected chi connectivity index (χ0v) is 15.9. The second-order valence-electron chi connectivity index (χ2n) is 6.47. The largest absolute Gasteiger partial charge is 0.497 e.